The molecule has 0 fully saturated rings. The minimum Gasteiger partial charge on any atom is -0.495 e. The van der Waals surface area contributed by atoms with Crippen LogP contribution in [0.3, 0.4) is 0 Å². The average molecular weight is 451 g/mol. The van der Waals surface area contributed by atoms with Gasteiger partial charge in [0.2, 0.25) is 10.0 Å². The van der Waals surface area contributed by atoms with Crippen molar-refractivity contribution in [2.45, 2.75) is 18.0 Å². The van der Waals surface area contributed by atoms with Gasteiger partial charge < -0.3 is 9.47 Å². The molecule has 0 spiro atoms. The van der Waals surface area contributed by atoms with Gasteiger partial charge in [-0.25, -0.2) is 13.2 Å². The van der Waals surface area contributed by atoms with E-state index in [0.29, 0.717) is 11.1 Å². The number of nitriles is 1. The molecule has 8 heteroatoms. The third-order valence-corrected chi connectivity index (χ3v) is 6.66. The first-order valence-electron chi connectivity index (χ1n) is 9.70. The van der Waals surface area contributed by atoms with Gasteiger partial charge >= 0.3 is 5.97 Å². The second-order valence-corrected chi connectivity index (χ2v) is 8.97. The van der Waals surface area contributed by atoms with Crippen LogP contribution in [0.15, 0.2) is 77.7 Å². The molecular formula is C24H22N2O5S. The summed E-state index contributed by atoms with van der Waals surface area (Å²) in [6.45, 7) is 0.0521. The summed E-state index contributed by atoms with van der Waals surface area (Å²) in [6, 6.07) is 22.1. The summed E-state index contributed by atoms with van der Waals surface area (Å²) in [5.41, 5.74) is 1.85. The van der Waals surface area contributed by atoms with Gasteiger partial charge in [-0.05, 0) is 29.8 Å². The molecule has 3 rings (SSSR count). The Bertz CT molecular complexity index is 1250. The topological polar surface area (TPSA) is 96.7 Å². The van der Waals surface area contributed by atoms with Crippen molar-refractivity contribution in [2.24, 2.45) is 0 Å². The van der Waals surface area contributed by atoms with Gasteiger partial charge in [0.1, 0.15) is 17.3 Å². The van der Waals surface area contributed by atoms with Gasteiger partial charge in [0.25, 0.3) is 0 Å². The molecule has 0 aromatic heterocycles. The van der Waals surface area contributed by atoms with Crippen molar-refractivity contribution in [3.8, 4) is 11.8 Å². The SMILES string of the molecule is COc1ccc(C(=O)OCc2ccccc2C#N)cc1S(=O)(=O)N(C)Cc1ccccc1. The fourth-order valence-corrected chi connectivity index (χ4v) is 4.42. The van der Waals surface area contributed by atoms with Crippen molar-refractivity contribution in [1.82, 2.24) is 4.31 Å². The molecule has 164 valence electrons. The third-order valence-electron chi connectivity index (χ3n) is 4.83. The standard InChI is InChI=1S/C24H22N2O5S/c1-26(16-18-8-4-3-5-9-18)32(28,29)23-14-19(12-13-22(23)30-2)24(27)31-17-21-11-7-6-10-20(21)15-25/h3-14H,16-17H2,1-2H3. The van der Waals surface area contributed by atoms with Crippen LogP contribution in [0.1, 0.15) is 27.0 Å². The lowest BCUT2D eigenvalue weighted by Gasteiger charge is -2.19. The van der Waals surface area contributed by atoms with Gasteiger partial charge in [0, 0.05) is 19.2 Å². The van der Waals surface area contributed by atoms with Crippen LogP contribution in [0, 0.1) is 11.3 Å². The van der Waals surface area contributed by atoms with Crippen molar-refractivity contribution >= 4 is 16.0 Å². The zero-order valence-corrected chi connectivity index (χ0v) is 18.5. The number of ether oxygens (including phenoxy) is 2. The van der Waals surface area contributed by atoms with Crippen LogP contribution in [0.4, 0.5) is 0 Å². The lowest BCUT2D eigenvalue weighted by atomic mass is 10.1. The van der Waals surface area contributed by atoms with Crippen LogP contribution in [-0.2, 0) is 27.9 Å². The highest BCUT2D eigenvalue weighted by Gasteiger charge is 2.26. The van der Waals surface area contributed by atoms with Crippen LogP contribution in [-0.4, -0.2) is 32.8 Å². The predicted octanol–water partition coefficient (Wildman–Crippen LogP) is 3.74. The molecule has 0 bridgehead atoms. The van der Waals surface area contributed by atoms with E-state index in [2.05, 4.69) is 0 Å². The van der Waals surface area contributed by atoms with Gasteiger partial charge in [-0.1, -0.05) is 48.5 Å². The normalized spacial score (nSPS) is 11.1. The van der Waals surface area contributed by atoms with Gasteiger partial charge in [0.05, 0.1) is 24.3 Å². The quantitative estimate of drug-likeness (QED) is 0.485. The molecule has 0 aliphatic heterocycles. The van der Waals surface area contributed by atoms with Crippen molar-refractivity contribution in [1.29, 1.82) is 5.26 Å². The molecule has 32 heavy (non-hydrogen) atoms. The van der Waals surface area contributed by atoms with E-state index in [9.17, 15) is 13.2 Å². The Kier molecular flexibility index (Phi) is 7.25. The highest BCUT2D eigenvalue weighted by molar-refractivity contribution is 7.89. The summed E-state index contributed by atoms with van der Waals surface area (Å²) in [5, 5.41) is 9.17. The summed E-state index contributed by atoms with van der Waals surface area (Å²) in [4.78, 5) is 12.5. The second kappa shape index (κ2) is 10.1. The molecule has 0 aliphatic carbocycles. The molecule has 0 unspecified atom stereocenters. The number of esters is 1. The fourth-order valence-electron chi connectivity index (χ4n) is 3.08. The zero-order valence-electron chi connectivity index (χ0n) is 17.7. The number of methoxy groups -OCH3 is 1. The second-order valence-electron chi connectivity index (χ2n) is 6.96. The van der Waals surface area contributed by atoms with E-state index < -0.39 is 16.0 Å². The molecule has 0 atom stereocenters. The number of benzene rings is 3. The number of hydrogen-bond acceptors (Lipinski definition) is 6. The molecule has 0 saturated carbocycles. The summed E-state index contributed by atoms with van der Waals surface area (Å²) in [5.74, 6) is -0.584. The van der Waals surface area contributed by atoms with Gasteiger partial charge in [-0.15, -0.1) is 0 Å². The average Bonchev–Trinajstić information content (AvgIpc) is 2.82. The first-order chi connectivity index (χ1) is 15.4. The highest BCUT2D eigenvalue weighted by atomic mass is 32.2. The Labute approximate surface area is 187 Å². The van der Waals surface area contributed by atoms with E-state index in [1.807, 2.05) is 36.4 Å². The molecule has 3 aromatic carbocycles. The molecule has 0 saturated heterocycles. The van der Waals surface area contributed by atoms with Crippen molar-refractivity contribution in [2.75, 3.05) is 14.2 Å². The Morgan fingerprint density at radius 1 is 1.03 bits per heavy atom. The Hall–Kier alpha value is -3.67. The van der Waals surface area contributed by atoms with Gasteiger partial charge in [-0.3, -0.25) is 0 Å². The molecule has 3 aromatic rings. The van der Waals surface area contributed by atoms with E-state index in [1.165, 1.54) is 36.7 Å². The Balaban J connectivity index is 1.84. The zero-order chi connectivity index (χ0) is 23.1. The summed E-state index contributed by atoms with van der Waals surface area (Å²) < 4.78 is 38.2. The molecule has 0 heterocycles. The minimum atomic E-state index is -3.96. The third kappa shape index (κ3) is 5.14. The Morgan fingerprint density at radius 3 is 2.41 bits per heavy atom. The fraction of sp³-hybridized carbons (Fsp3) is 0.167. The maximum Gasteiger partial charge on any atom is 0.338 e. The molecule has 0 N–H and O–H groups in total. The van der Waals surface area contributed by atoms with E-state index in [4.69, 9.17) is 14.7 Å². The van der Waals surface area contributed by atoms with Crippen LogP contribution >= 0.6 is 0 Å². The van der Waals surface area contributed by atoms with Crippen molar-refractivity contribution < 1.29 is 22.7 Å². The molecule has 0 aliphatic rings. The first kappa shape index (κ1) is 23.0. The number of carbonyl (C=O) groups is 1. The molecule has 0 radical (unpaired) electrons. The van der Waals surface area contributed by atoms with Gasteiger partial charge in [0.15, 0.2) is 0 Å². The first-order valence-corrected chi connectivity index (χ1v) is 11.1. The lowest BCUT2D eigenvalue weighted by Crippen LogP contribution is -2.27. The maximum absolute atomic E-state index is 13.2. The number of hydrogen-bond donors (Lipinski definition) is 0. The van der Waals surface area contributed by atoms with Crippen molar-refractivity contribution in [3.05, 3.63) is 95.1 Å². The maximum atomic E-state index is 13.2. The van der Waals surface area contributed by atoms with E-state index in [0.717, 1.165) is 5.56 Å². The van der Waals surface area contributed by atoms with Crippen LogP contribution in [0.2, 0.25) is 0 Å². The summed E-state index contributed by atoms with van der Waals surface area (Å²) in [7, 11) is -1.13. The largest absolute Gasteiger partial charge is 0.495 e. The number of sulfonamides is 1. The molecule has 0 amide bonds. The van der Waals surface area contributed by atoms with Crippen LogP contribution in [0.25, 0.3) is 0 Å². The van der Waals surface area contributed by atoms with E-state index >= 15 is 0 Å². The van der Waals surface area contributed by atoms with E-state index in [1.54, 1.807) is 24.3 Å². The highest BCUT2D eigenvalue weighted by Crippen LogP contribution is 2.28. The minimum absolute atomic E-state index is 0.0620. The predicted molar refractivity (Wildman–Crippen MR) is 118 cm³/mol. The number of rotatable bonds is 8. The number of nitrogens with zero attached hydrogens (tertiary/aromatic N) is 2. The van der Waals surface area contributed by atoms with Crippen LogP contribution in [0.5, 0.6) is 5.75 Å². The van der Waals surface area contributed by atoms with Crippen LogP contribution < -0.4 is 4.74 Å². The van der Waals surface area contributed by atoms with E-state index in [-0.39, 0.29) is 29.4 Å². The monoisotopic (exact) mass is 450 g/mol. The smallest absolute Gasteiger partial charge is 0.338 e. The summed E-state index contributed by atoms with van der Waals surface area (Å²) >= 11 is 0. The van der Waals surface area contributed by atoms with Crippen molar-refractivity contribution in [3.63, 3.8) is 0 Å². The van der Waals surface area contributed by atoms with Gasteiger partial charge in [-0.2, -0.15) is 9.57 Å². The summed E-state index contributed by atoms with van der Waals surface area (Å²) in [6.07, 6.45) is 0. The molecular weight excluding hydrogens is 428 g/mol. The Morgan fingerprint density at radius 2 is 1.72 bits per heavy atom. The lowest BCUT2D eigenvalue weighted by molar-refractivity contribution is 0.0472. The molecule has 7 nitrogen and oxygen atoms in total. The number of carbonyl (C=O) groups excluding carboxylic acids is 1.